The molecule has 150 valence electrons. The van der Waals surface area contributed by atoms with Crippen molar-refractivity contribution in [1.82, 2.24) is 19.7 Å². The number of amides is 1. The highest BCUT2D eigenvalue weighted by Gasteiger charge is 2.21. The zero-order chi connectivity index (χ0) is 20.8. The van der Waals surface area contributed by atoms with E-state index in [0.29, 0.717) is 29.0 Å². The monoisotopic (exact) mass is 409 g/mol. The van der Waals surface area contributed by atoms with Gasteiger partial charge in [0.25, 0.3) is 0 Å². The zero-order valence-corrected chi connectivity index (χ0v) is 17.4. The molecule has 1 amide bonds. The molecule has 0 spiro atoms. The average Bonchev–Trinajstić information content (AvgIpc) is 3.11. The first-order chi connectivity index (χ1) is 14.0. The van der Waals surface area contributed by atoms with E-state index >= 15 is 0 Å². The Morgan fingerprint density at radius 2 is 2.07 bits per heavy atom. The maximum absolute atomic E-state index is 12.8. The topological polar surface area (TPSA) is 81.9 Å². The molecule has 0 fully saturated rings. The van der Waals surface area contributed by atoms with Crippen molar-refractivity contribution in [2.24, 2.45) is 0 Å². The fourth-order valence-corrected chi connectivity index (χ4v) is 3.61. The van der Waals surface area contributed by atoms with Gasteiger partial charge in [0.2, 0.25) is 5.91 Å². The number of methoxy groups -OCH3 is 1. The van der Waals surface area contributed by atoms with Crippen LogP contribution in [0.15, 0.2) is 60.5 Å². The van der Waals surface area contributed by atoms with Crippen molar-refractivity contribution in [1.29, 1.82) is 0 Å². The Kier molecular flexibility index (Phi) is 6.66. The highest BCUT2D eigenvalue weighted by Crippen LogP contribution is 2.29. The molecule has 0 saturated carbocycles. The number of hydrogen-bond acceptors (Lipinski definition) is 6. The lowest BCUT2D eigenvalue weighted by atomic mass is 10.2. The van der Waals surface area contributed by atoms with Crippen molar-refractivity contribution in [3.63, 3.8) is 0 Å². The second kappa shape index (κ2) is 9.38. The molecule has 29 heavy (non-hydrogen) atoms. The number of nitrogens with one attached hydrogen (secondary N) is 1. The number of ether oxygens (including phenoxy) is 1. The number of carbonyl (C=O) groups is 1. The standard InChI is InChI=1S/C21H23N5O2S/c1-5-12-26-19(16-8-10-22-11-9-16)24-25-21(26)29-15(3)20(27)23-17-13-14(2)6-7-18(17)28-4/h5-11,13,15H,1,12H2,2-4H3,(H,23,27)/t15-/m0/s1. The fraction of sp³-hybridized carbons (Fsp3) is 0.238. The molecule has 1 N–H and O–H groups in total. The van der Waals surface area contributed by atoms with Gasteiger partial charge in [0.1, 0.15) is 5.75 Å². The van der Waals surface area contributed by atoms with Crippen LogP contribution in [0.3, 0.4) is 0 Å². The van der Waals surface area contributed by atoms with Crippen LogP contribution < -0.4 is 10.1 Å². The number of benzene rings is 1. The van der Waals surface area contributed by atoms with Gasteiger partial charge in [0.05, 0.1) is 18.0 Å². The van der Waals surface area contributed by atoms with Gasteiger partial charge in [-0.05, 0) is 43.7 Å². The number of thioether (sulfide) groups is 1. The Morgan fingerprint density at radius 3 is 2.76 bits per heavy atom. The molecule has 0 bridgehead atoms. The Bertz CT molecular complexity index is 1000. The summed E-state index contributed by atoms with van der Waals surface area (Å²) >= 11 is 1.34. The first-order valence-corrected chi connectivity index (χ1v) is 9.98. The molecule has 0 unspecified atom stereocenters. The predicted molar refractivity (Wildman–Crippen MR) is 115 cm³/mol. The van der Waals surface area contributed by atoms with E-state index in [0.717, 1.165) is 11.1 Å². The van der Waals surface area contributed by atoms with Crippen LogP contribution in [-0.4, -0.2) is 38.0 Å². The summed E-state index contributed by atoms with van der Waals surface area (Å²) in [5, 5.41) is 11.8. The molecule has 2 aromatic heterocycles. The summed E-state index contributed by atoms with van der Waals surface area (Å²) in [5.41, 5.74) is 2.59. The third kappa shape index (κ3) is 4.83. The van der Waals surface area contributed by atoms with Gasteiger partial charge in [0.15, 0.2) is 11.0 Å². The summed E-state index contributed by atoms with van der Waals surface area (Å²) in [6, 6.07) is 9.40. The van der Waals surface area contributed by atoms with E-state index in [1.54, 1.807) is 25.6 Å². The van der Waals surface area contributed by atoms with Crippen LogP contribution in [0.5, 0.6) is 5.75 Å². The molecule has 0 saturated heterocycles. The zero-order valence-electron chi connectivity index (χ0n) is 16.6. The van der Waals surface area contributed by atoms with Crippen LogP contribution in [0.25, 0.3) is 11.4 Å². The third-order valence-corrected chi connectivity index (χ3v) is 5.31. The van der Waals surface area contributed by atoms with Gasteiger partial charge < -0.3 is 10.1 Å². The largest absolute Gasteiger partial charge is 0.495 e. The van der Waals surface area contributed by atoms with Crippen molar-refractivity contribution in [2.45, 2.75) is 30.8 Å². The lowest BCUT2D eigenvalue weighted by Gasteiger charge is -2.15. The first-order valence-electron chi connectivity index (χ1n) is 9.10. The third-order valence-electron chi connectivity index (χ3n) is 4.23. The van der Waals surface area contributed by atoms with Crippen molar-refractivity contribution >= 4 is 23.4 Å². The second-order valence-corrected chi connectivity index (χ2v) is 7.70. The van der Waals surface area contributed by atoms with Crippen LogP contribution in [0.2, 0.25) is 0 Å². The highest BCUT2D eigenvalue weighted by molar-refractivity contribution is 8.00. The van der Waals surface area contributed by atoms with Crippen LogP contribution in [0, 0.1) is 6.92 Å². The number of rotatable bonds is 8. The summed E-state index contributed by atoms with van der Waals surface area (Å²) in [5.74, 6) is 1.19. The molecule has 3 aromatic rings. The van der Waals surface area contributed by atoms with Crippen LogP contribution >= 0.6 is 11.8 Å². The Morgan fingerprint density at radius 1 is 1.31 bits per heavy atom. The molecule has 2 heterocycles. The van der Waals surface area contributed by atoms with Crippen molar-refractivity contribution in [2.75, 3.05) is 12.4 Å². The lowest BCUT2D eigenvalue weighted by Crippen LogP contribution is -2.23. The van der Waals surface area contributed by atoms with Crippen LogP contribution in [0.4, 0.5) is 5.69 Å². The fourth-order valence-electron chi connectivity index (χ4n) is 2.75. The molecule has 3 rings (SSSR count). The smallest absolute Gasteiger partial charge is 0.237 e. The normalized spacial score (nSPS) is 11.7. The van der Waals surface area contributed by atoms with Gasteiger partial charge in [-0.1, -0.05) is 23.9 Å². The van der Waals surface area contributed by atoms with Crippen molar-refractivity contribution in [3.05, 3.63) is 60.9 Å². The molecule has 8 heteroatoms. The minimum atomic E-state index is -0.390. The van der Waals surface area contributed by atoms with Crippen molar-refractivity contribution in [3.8, 4) is 17.1 Å². The maximum Gasteiger partial charge on any atom is 0.237 e. The van der Waals surface area contributed by atoms with Crippen molar-refractivity contribution < 1.29 is 9.53 Å². The number of anilines is 1. The van der Waals surface area contributed by atoms with Gasteiger partial charge in [-0.15, -0.1) is 16.8 Å². The van der Waals surface area contributed by atoms with Gasteiger partial charge in [-0.25, -0.2) is 0 Å². The SMILES string of the molecule is C=CCn1c(S[C@@H](C)C(=O)Nc2cc(C)ccc2OC)nnc1-c1ccncc1. The minimum absolute atomic E-state index is 0.141. The summed E-state index contributed by atoms with van der Waals surface area (Å²) in [6.45, 7) is 8.15. The number of pyridine rings is 1. The van der Waals surface area contributed by atoms with Crippen LogP contribution in [0.1, 0.15) is 12.5 Å². The Labute approximate surface area is 174 Å². The highest BCUT2D eigenvalue weighted by atomic mass is 32.2. The molecule has 1 atom stereocenters. The molecule has 7 nitrogen and oxygen atoms in total. The lowest BCUT2D eigenvalue weighted by molar-refractivity contribution is -0.115. The maximum atomic E-state index is 12.8. The molecular weight excluding hydrogens is 386 g/mol. The minimum Gasteiger partial charge on any atom is -0.495 e. The van der Waals surface area contributed by atoms with Gasteiger partial charge >= 0.3 is 0 Å². The van der Waals surface area contributed by atoms with E-state index in [-0.39, 0.29) is 5.91 Å². The Balaban J connectivity index is 1.79. The van der Waals surface area contributed by atoms with E-state index in [1.807, 2.05) is 48.7 Å². The number of nitrogens with zero attached hydrogens (tertiary/aromatic N) is 4. The number of allylic oxidation sites excluding steroid dienone is 1. The Hall–Kier alpha value is -3.13. The molecule has 0 aliphatic carbocycles. The summed E-state index contributed by atoms with van der Waals surface area (Å²) in [6.07, 6.45) is 5.20. The van der Waals surface area contributed by atoms with E-state index in [2.05, 4.69) is 27.1 Å². The molecule has 1 aromatic carbocycles. The number of carbonyl (C=O) groups excluding carboxylic acids is 1. The molecule has 0 aliphatic heterocycles. The summed E-state index contributed by atoms with van der Waals surface area (Å²) in [4.78, 5) is 16.8. The van der Waals surface area contributed by atoms with E-state index in [1.165, 1.54) is 11.8 Å². The van der Waals surface area contributed by atoms with E-state index < -0.39 is 5.25 Å². The molecular formula is C21H23N5O2S. The van der Waals surface area contributed by atoms with Gasteiger partial charge in [0, 0.05) is 24.5 Å². The predicted octanol–water partition coefficient (Wildman–Crippen LogP) is 3.96. The van der Waals surface area contributed by atoms with Gasteiger partial charge in [-0.2, -0.15) is 0 Å². The average molecular weight is 410 g/mol. The molecule has 0 aliphatic rings. The van der Waals surface area contributed by atoms with E-state index in [4.69, 9.17) is 4.74 Å². The van der Waals surface area contributed by atoms with Gasteiger partial charge in [-0.3, -0.25) is 14.3 Å². The van der Waals surface area contributed by atoms with Crippen LogP contribution in [-0.2, 0) is 11.3 Å². The summed E-state index contributed by atoms with van der Waals surface area (Å²) < 4.78 is 7.27. The number of aryl methyl sites for hydroxylation is 1. The van der Waals surface area contributed by atoms with E-state index in [9.17, 15) is 4.79 Å². The quantitative estimate of drug-likeness (QED) is 0.448. The molecule has 0 radical (unpaired) electrons. The summed E-state index contributed by atoms with van der Waals surface area (Å²) in [7, 11) is 1.58. The first kappa shape index (κ1) is 20.6. The number of aromatic nitrogens is 4. The second-order valence-electron chi connectivity index (χ2n) is 6.39. The number of hydrogen-bond donors (Lipinski definition) is 1.